The first-order valence-electron chi connectivity index (χ1n) is 9.38. The molecule has 2 heterocycles. The van der Waals surface area contributed by atoms with Crippen molar-refractivity contribution in [3.05, 3.63) is 70.1 Å². The SMILES string of the molecule is COC(=O)c1ccc(N2CCCC2)c(NC(=O)c2cc3ccccc3oc2=O)c1. The van der Waals surface area contributed by atoms with E-state index in [-0.39, 0.29) is 5.56 Å². The lowest BCUT2D eigenvalue weighted by Crippen LogP contribution is -2.24. The Balaban J connectivity index is 1.72. The quantitative estimate of drug-likeness (QED) is 0.541. The molecule has 1 amide bonds. The number of hydrogen-bond acceptors (Lipinski definition) is 6. The average molecular weight is 392 g/mol. The fourth-order valence-electron chi connectivity index (χ4n) is 3.52. The maximum Gasteiger partial charge on any atom is 0.349 e. The zero-order valence-corrected chi connectivity index (χ0v) is 15.9. The molecule has 0 bridgehead atoms. The zero-order valence-electron chi connectivity index (χ0n) is 15.9. The number of para-hydroxylation sites is 1. The first-order chi connectivity index (χ1) is 14.1. The van der Waals surface area contributed by atoms with E-state index in [9.17, 15) is 14.4 Å². The molecule has 1 aliphatic heterocycles. The van der Waals surface area contributed by atoms with Gasteiger partial charge in [-0.1, -0.05) is 18.2 Å². The molecule has 1 N–H and O–H groups in total. The third kappa shape index (κ3) is 3.71. The summed E-state index contributed by atoms with van der Waals surface area (Å²) in [6.45, 7) is 1.72. The number of nitrogens with zero attached hydrogens (tertiary/aromatic N) is 1. The Morgan fingerprint density at radius 2 is 1.83 bits per heavy atom. The van der Waals surface area contributed by atoms with E-state index in [1.54, 1.807) is 42.5 Å². The molecule has 1 fully saturated rings. The standard InChI is InChI=1S/C22H20N2O5/c1-28-21(26)15-8-9-18(24-10-4-5-11-24)17(13-15)23-20(25)16-12-14-6-2-3-7-19(14)29-22(16)27/h2-3,6-9,12-13H,4-5,10-11H2,1H3,(H,23,25). The van der Waals surface area contributed by atoms with Crippen molar-refractivity contribution in [3.8, 4) is 0 Å². The molecule has 1 saturated heterocycles. The molecule has 1 aromatic heterocycles. The van der Waals surface area contributed by atoms with Gasteiger partial charge < -0.3 is 19.4 Å². The van der Waals surface area contributed by atoms with Crippen LogP contribution in [0.2, 0.25) is 0 Å². The number of anilines is 2. The van der Waals surface area contributed by atoms with Crippen LogP contribution in [0.3, 0.4) is 0 Å². The fraction of sp³-hybridized carbons (Fsp3) is 0.227. The van der Waals surface area contributed by atoms with Crippen LogP contribution in [0.4, 0.5) is 11.4 Å². The predicted octanol–water partition coefficient (Wildman–Crippen LogP) is 3.43. The first-order valence-corrected chi connectivity index (χ1v) is 9.38. The van der Waals surface area contributed by atoms with Crippen LogP contribution in [-0.4, -0.2) is 32.1 Å². The van der Waals surface area contributed by atoms with Crippen LogP contribution in [0.5, 0.6) is 0 Å². The van der Waals surface area contributed by atoms with Gasteiger partial charge in [0.25, 0.3) is 5.91 Å². The highest BCUT2D eigenvalue weighted by molar-refractivity contribution is 6.07. The number of carbonyl (C=O) groups excluding carboxylic acids is 2. The van der Waals surface area contributed by atoms with Crippen molar-refractivity contribution >= 4 is 34.2 Å². The summed E-state index contributed by atoms with van der Waals surface area (Å²) in [5, 5.41) is 3.43. The Labute approximate surface area is 166 Å². The maximum absolute atomic E-state index is 12.9. The number of hydrogen-bond donors (Lipinski definition) is 1. The minimum Gasteiger partial charge on any atom is -0.465 e. The van der Waals surface area contributed by atoms with Crippen molar-refractivity contribution in [2.24, 2.45) is 0 Å². The summed E-state index contributed by atoms with van der Waals surface area (Å²) in [5.41, 5.74) is 1.17. The van der Waals surface area contributed by atoms with Crippen molar-refractivity contribution in [1.82, 2.24) is 0 Å². The van der Waals surface area contributed by atoms with E-state index in [1.165, 1.54) is 13.2 Å². The summed E-state index contributed by atoms with van der Waals surface area (Å²) in [5.74, 6) is -1.09. The molecule has 29 heavy (non-hydrogen) atoms. The lowest BCUT2D eigenvalue weighted by atomic mass is 10.1. The van der Waals surface area contributed by atoms with Crippen LogP contribution in [0.1, 0.15) is 33.6 Å². The van der Waals surface area contributed by atoms with Gasteiger partial charge in [0.2, 0.25) is 0 Å². The minimum atomic E-state index is -0.715. The van der Waals surface area contributed by atoms with Gasteiger partial charge in [-0.15, -0.1) is 0 Å². The molecule has 2 aromatic carbocycles. The third-order valence-electron chi connectivity index (χ3n) is 5.00. The highest BCUT2D eigenvalue weighted by Crippen LogP contribution is 2.30. The normalized spacial score (nSPS) is 13.5. The molecule has 0 atom stereocenters. The smallest absolute Gasteiger partial charge is 0.349 e. The summed E-state index contributed by atoms with van der Waals surface area (Å²) in [6, 6.07) is 13.5. The Hall–Kier alpha value is -3.61. The number of ether oxygens (including phenoxy) is 1. The molecule has 3 aromatic rings. The van der Waals surface area contributed by atoms with Gasteiger partial charge in [0.15, 0.2) is 0 Å². The Bertz CT molecular complexity index is 1150. The number of fused-ring (bicyclic) bond motifs is 1. The molecule has 7 nitrogen and oxygen atoms in total. The molecule has 148 valence electrons. The van der Waals surface area contributed by atoms with Crippen LogP contribution in [0.25, 0.3) is 11.0 Å². The molecule has 0 saturated carbocycles. The zero-order chi connectivity index (χ0) is 20.4. The summed E-state index contributed by atoms with van der Waals surface area (Å²) in [4.78, 5) is 39.3. The molecule has 0 unspecified atom stereocenters. The number of nitrogens with one attached hydrogen (secondary N) is 1. The summed E-state index contributed by atoms with van der Waals surface area (Å²) >= 11 is 0. The number of carbonyl (C=O) groups is 2. The van der Waals surface area contributed by atoms with Crippen LogP contribution < -0.4 is 15.8 Å². The van der Waals surface area contributed by atoms with Crippen LogP contribution in [-0.2, 0) is 4.74 Å². The minimum absolute atomic E-state index is 0.0976. The monoisotopic (exact) mass is 392 g/mol. The van der Waals surface area contributed by atoms with E-state index in [4.69, 9.17) is 9.15 Å². The highest BCUT2D eigenvalue weighted by atomic mass is 16.5. The van der Waals surface area contributed by atoms with E-state index in [0.717, 1.165) is 31.6 Å². The van der Waals surface area contributed by atoms with Crippen LogP contribution in [0.15, 0.2) is 57.7 Å². The van der Waals surface area contributed by atoms with Gasteiger partial charge in [-0.05, 0) is 43.2 Å². The second kappa shape index (κ2) is 7.79. The van der Waals surface area contributed by atoms with Crippen molar-refractivity contribution in [1.29, 1.82) is 0 Å². The Kier molecular flexibility index (Phi) is 5.03. The average Bonchev–Trinajstić information content (AvgIpc) is 3.27. The van der Waals surface area contributed by atoms with Gasteiger partial charge in [0.05, 0.1) is 24.0 Å². The second-order valence-corrected chi connectivity index (χ2v) is 6.86. The van der Waals surface area contributed by atoms with Gasteiger partial charge in [-0.2, -0.15) is 0 Å². The number of benzene rings is 2. The van der Waals surface area contributed by atoms with E-state index in [0.29, 0.717) is 22.2 Å². The number of rotatable bonds is 4. The maximum atomic E-state index is 12.9. The largest absolute Gasteiger partial charge is 0.465 e. The molecule has 1 aliphatic rings. The topological polar surface area (TPSA) is 88.8 Å². The molecular formula is C22H20N2O5. The summed E-state index contributed by atoms with van der Waals surface area (Å²) in [7, 11) is 1.30. The number of amides is 1. The van der Waals surface area contributed by atoms with Crippen molar-refractivity contribution in [3.63, 3.8) is 0 Å². The second-order valence-electron chi connectivity index (χ2n) is 6.86. The number of esters is 1. The lowest BCUT2D eigenvalue weighted by Gasteiger charge is -2.22. The molecular weight excluding hydrogens is 372 g/mol. The fourth-order valence-corrected chi connectivity index (χ4v) is 3.52. The van der Waals surface area contributed by atoms with Gasteiger partial charge in [0, 0.05) is 18.5 Å². The van der Waals surface area contributed by atoms with Crippen LogP contribution >= 0.6 is 0 Å². The molecule has 0 spiro atoms. The lowest BCUT2D eigenvalue weighted by molar-refractivity contribution is 0.0600. The summed E-state index contributed by atoms with van der Waals surface area (Å²) in [6.07, 6.45) is 2.11. The van der Waals surface area contributed by atoms with E-state index in [1.807, 2.05) is 0 Å². The van der Waals surface area contributed by atoms with E-state index in [2.05, 4.69) is 10.2 Å². The van der Waals surface area contributed by atoms with Gasteiger partial charge in [0.1, 0.15) is 11.1 Å². The van der Waals surface area contributed by atoms with Gasteiger partial charge >= 0.3 is 11.6 Å². The molecule has 7 heteroatoms. The first kappa shape index (κ1) is 18.7. The van der Waals surface area contributed by atoms with Crippen molar-refractivity contribution in [2.45, 2.75) is 12.8 Å². The van der Waals surface area contributed by atoms with Gasteiger partial charge in [-0.3, -0.25) is 4.79 Å². The Morgan fingerprint density at radius 1 is 1.07 bits per heavy atom. The van der Waals surface area contributed by atoms with Crippen LogP contribution in [0, 0.1) is 0 Å². The molecule has 4 rings (SSSR count). The Morgan fingerprint density at radius 3 is 2.59 bits per heavy atom. The van der Waals surface area contributed by atoms with Crippen molar-refractivity contribution in [2.75, 3.05) is 30.4 Å². The van der Waals surface area contributed by atoms with Gasteiger partial charge in [-0.25, -0.2) is 9.59 Å². The molecule has 0 radical (unpaired) electrons. The van der Waals surface area contributed by atoms with Crippen molar-refractivity contribution < 1.29 is 18.7 Å². The van der Waals surface area contributed by atoms with E-state index >= 15 is 0 Å². The third-order valence-corrected chi connectivity index (χ3v) is 5.00. The number of methoxy groups -OCH3 is 1. The molecule has 0 aliphatic carbocycles. The highest BCUT2D eigenvalue weighted by Gasteiger charge is 2.21. The van der Waals surface area contributed by atoms with E-state index < -0.39 is 17.5 Å². The predicted molar refractivity (Wildman–Crippen MR) is 110 cm³/mol. The summed E-state index contributed by atoms with van der Waals surface area (Å²) < 4.78 is 10.0.